The summed E-state index contributed by atoms with van der Waals surface area (Å²) in [6.07, 6.45) is 0. The van der Waals surface area contributed by atoms with Gasteiger partial charge in [-0.25, -0.2) is 8.42 Å². The fourth-order valence-electron chi connectivity index (χ4n) is 0.669. The van der Waals surface area contributed by atoms with Crippen molar-refractivity contribution in [1.29, 1.82) is 0 Å². The zero-order valence-electron chi connectivity index (χ0n) is 5.59. The minimum absolute atomic E-state index is 0.153. The van der Waals surface area contributed by atoms with Gasteiger partial charge in [0.05, 0.1) is 4.90 Å². The lowest BCUT2D eigenvalue weighted by molar-refractivity contribution is 0.609. The molecule has 0 bridgehead atoms. The van der Waals surface area contributed by atoms with Gasteiger partial charge in [-0.15, -0.1) is 0 Å². The van der Waals surface area contributed by atoms with Crippen LogP contribution >= 0.6 is 55.9 Å². The summed E-state index contributed by atoms with van der Waals surface area (Å²) in [6, 6.07) is 4.93. The van der Waals surface area contributed by atoms with Gasteiger partial charge in [0.15, 0.2) is 0 Å². The van der Waals surface area contributed by atoms with E-state index in [2.05, 4.69) is 0 Å². The molecular weight excluding hydrogens is 425 g/mol. The lowest BCUT2D eigenvalue weighted by Crippen LogP contribution is -1.91. The molecule has 0 N–H and O–H groups in total. The average molecular weight is 428 g/mol. The zero-order chi connectivity index (χ0) is 9.35. The van der Waals surface area contributed by atoms with Crippen LogP contribution in [-0.4, -0.2) is 8.42 Å². The predicted octanol–water partition coefficient (Wildman–Crippen LogP) is 2.82. The Bertz CT molecular complexity index is 382. The third kappa shape index (κ3) is 3.00. The van der Waals surface area contributed by atoms with Crippen LogP contribution in [0.1, 0.15) is 0 Å². The van der Waals surface area contributed by atoms with Gasteiger partial charge in [0, 0.05) is 17.8 Å². The SMILES string of the molecule is O=S(=O)(Cl)c1cc(I)cc(I)c1. The second-order valence-corrected chi connectivity index (χ2v) is 7.10. The Hall–Kier alpha value is 0.920. The zero-order valence-corrected chi connectivity index (χ0v) is 11.5. The molecule has 0 heterocycles. The molecular formula is C6H3ClI2O2S. The molecule has 2 nitrogen and oxygen atoms in total. The van der Waals surface area contributed by atoms with Crippen LogP contribution in [0.2, 0.25) is 0 Å². The Labute approximate surface area is 102 Å². The topological polar surface area (TPSA) is 34.1 Å². The normalized spacial score (nSPS) is 11.6. The van der Waals surface area contributed by atoms with Crippen LogP contribution in [0, 0.1) is 7.14 Å². The number of benzene rings is 1. The van der Waals surface area contributed by atoms with Crippen LogP contribution in [0.25, 0.3) is 0 Å². The van der Waals surface area contributed by atoms with Crippen molar-refractivity contribution < 1.29 is 8.42 Å². The monoisotopic (exact) mass is 428 g/mol. The van der Waals surface area contributed by atoms with Gasteiger partial charge >= 0.3 is 0 Å². The van der Waals surface area contributed by atoms with E-state index in [1.165, 1.54) is 12.1 Å². The third-order valence-electron chi connectivity index (χ3n) is 1.12. The molecule has 1 rings (SSSR count). The lowest BCUT2D eigenvalue weighted by atomic mass is 10.4. The van der Waals surface area contributed by atoms with Crippen LogP contribution in [-0.2, 0) is 9.05 Å². The Morgan fingerprint density at radius 1 is 1.08 bits per heavy atom. The summed E-state index contributed by atoms with van der Waals surface area (Å²) in [4.78, 5) is 0.153. The number of rotatable bonds is 1. The Kier molecular flexibility index (Phi) is 3.64. The first-order valence-corrected chi connectivity index (χ1v) is 7.27. The third-order valence-corrected chi connectivity index (χ3v) is 3.70. The van der Waals surface area contributed by atoms with Crippen LogP contribution in [0.15, 0.2) is 23.1 Å². The van der Waals surface area contributed by atoms with Gasteiger partial charge in [0.25, 0.3) is 9.05 Å². The van der Waals surface area contributed by atoms with Crippen molar-refractivity contribution >= 4 is 64.9 Å². The quantitative estimate of drug-likeness (QED) is 0.509. The van der Waals surface area contributed by atoms with Gasteiger partial charge in [0.2, 0.25) is 0 Å². The van der Waals surface area contributed by atoms with Crippen molar-refractivity contribution in [3.05, 3.63) is 25.3 Å². The molecule has 1 aromatic rings. The van der Waals surface area contributed by atoms with Crippen molar-refractivity contribution in [2.75, 3.05) is 0 Å². The maximum atomic E-state index is 10.9. The molecule has 0 saturated heterocycles. The van der Waals surface area contributed by atoms with Gasteiger partial charge in [-0.3, -0.25) is 0 Å². The van der Waals surface area contributed by atoms with Crippen molar-refractivity contribution in [3.8, 4) is 0 Å². The summed E-state index contributed by atoms with van der Waals surface area (Å²) in [5.41, 5.74) is 0. The first kappa shape index (κ1) is 11.0. The molecule has 0 aliphatic rings. The minimum Gasteiger partial charge on any atom is -0.207 e. The fraction of sp³-hybridized carbons (Fsp3) is 0. The van der Waals surface area contributed by atoms with E-state index in [1.54, 1.807) is 0 Å². The van der Waals surface area contributed by atoms with Crippen molar-refractivity contribution in [2.45, 2.75) is 4.90 Å². The van der Waals surface area contributed by atoms with Gasteiger partial charge in [-0.1, -0.05) is 0 Å². The molecule has 0 unspecified atom stereocenters. The molecule has 66 valence electrons. The Balaban J connectivity index is 3.37. The maximum absolute atomic E-state index is 10.9. The van der Waals surface area contributed by atoms with E-state index in [0.717, 1.165) is 7.14 Å². The smallest absolute Gasteiger partial charge is 0.207 e. The highest BCUT2D eigenvalue weighted by Gasteiger charge is 2.10. The second kappa shape index (κ2) is 3.97. The van der Waals surface area contributed by atoms with Gasteiger partial charge < -0.3 is 0 Å². The Morgan fingerprint density at radius 3 is 1.83 bits per heavy atom. The standard InChI is InChI=1S/C6H3ClI2O2S/c7-12(10,11)6-2-4(8)1-5(9)3-6/h1-3H. The minimum atomic E-state index is -3.59. The van der Waals surface area contributed by atoms with Crippen molar-refractivity contribution in [2.24, 2.45) is 0 Å². The molecule has 6 heteroatoms. The molecule has 12 heavy (non-hydrogen) atoms. The van der Waals surface area contributed by atoms with E-state index in [9.17, 15) is 8.42 Å². The molecule has 0 radical (unpaired) electrons. The molecule has 0 aliphatic carbocycles. The molecule has 0 spiro atoms. The van der Waals surface area contributed by atoms with Crippen molar-refractivity contribution in [1.82, 2.24) is 0 Å². The van der Waals surface area contributed by atoms with Gasteiger partial charge in [-0.05, 0) is 63.4 Å². The summed E-state index contributed by atoms with van der Waals surface area (Å²) in [6.45, 7) is 0. The highest BCUT2D eigenvalue weighted by atomic mass is 127. The van der Waals surface area contributed by atoms with Crippen LogP contribution in [0.4, 0.5) is 0 Å². The lowest BCUT2D eigenvalue weighted by Gasteiger charge is -1.98. The van der Waals surface area contributed by atoms with E-state index in [0.29, 0.717) is 0 Å². The molecule has 0 aliphatic heterocycles. The summed E-state index contributed by atoms with van der Waals surface area (Å²) < 4.78 is 23.5. The molecule has 0 amide bonds. The van der Waals surface area contributed by atoms with E-state index >= 15 is 0 Å². The molecule has 0 aromatic heterocycles. The van der Waals surface area contributed by atoms with E-state index < -0.39 is 9.05 Å². The van der Waals surface area contributed by atoms with E-state index in [1.807, 2.05) is 51.2 Å². The summed E-state index contributed by atoms with van der Waals surface area (Å²) >= 11 is 4.09. The average Bonchev–Trinajstić information content (AvgIpc) is 1.82. The van der Waals surface area contributed by atoms with Crippen molar-refractivity contribution in [3.63, 3.8) is 0 Å². The van der Waals surface area contributed by atoms with Gasteiger partial charge in [-0.2, -0.15) is 0 Å². The summed E-state index contributed by atoms with van der Waals surface area (Å²) in [7, 11) is 1.58. The molecule has 0 atom stereocenters. The summed E-state index contributed by atoms with van der Waals surface area (Å²) in [5, 5.41) is 0. The Morgan fingerprint density at radius 2 is 1.50 bits per heavy atom. The highest BCUT2D eigenvalue weighted by molar-refractivity contribution is 14.1. The number of hydrogen-bond acceptors (Lipinski definition) is 2. The van der Waals surface area contributed by atoms with E-state index in [4.69, 9.17) is 10.7 Å². The highest BCUT2D eigenvalue weighted by Crippen LogP contribution is 2.20. The fourth-order valence-corrected chi connectivity index (χ4v) is 3.83. The number of hydrogen-bond donors (Lipinski definition) is 0. The molecule has 1 aromatic carbocycles. The molecule has 0 fully saturated rings. The van der Waals surface area contributed by atoms with Crippen LogP contribution in [0.5, 0.6) is 0 Å². The second-order valence-electron chi connectivity index (χ2n) is 2.04. The first-order valence-electron chi connectivity index (χ1n) is 2.80. The predicted molar refractivity (Wildman–Crippen MR) is 64.9 cm³/mol. The number of halogens is 3. The van der Waals surface area contributed by atoms with E-state index in [-0.39, 0.29) is 4.90 Å². The van der Waals surface area contributed by atoms with Crippen LogP contribution in [0.3, 0.4) is 0 Å². The molecule has 0 saturated carbocycles. The maximum Gasteiger partial charge on any atom is 0.261 e. The van der Waals surface area contributed by atoms with Gasteiger partial charge in [0.1, 0.15) is 0 Å². The summed E-state index contributed by atoms with van der Waals surface area (Å²) in [5.74, 6) is 0. The first-order chi connectivity index (χ1) is 5.39. The largest absolute Gasteiger partial charge is 0.261 e. The van der Waals surface area contributed by atoms with Crippen LogP contribution < -0.4 is 0 Å².